The van der Waals surface area contributed by atoms with E-state index in [1.807, 2.05) is 13.0 Å². The molecule has 1 aliphatic carbocycles. The number of phenolic OH excluding ortho intramolecular Hbond substituents is 2. The Labute approximate surface area is 298 Å². The first kappa shape index (κ1) is 37.1. The van der Waals surface area contributed by atoms with Gasteiger partial charge < -0.3 is 44.3 Å². The average Bonchev–Trinajstić information content (AvgIpc) is 3.26. The molecule has 0 aliphatic heterocycles. The van der Waals surface area contributed by atoms with Gasteiger partial charge >= 0.3 is 0 Å². The molecule has 0 spiro atoms. The summed E-state index contributed by atoms with van der Waals surface area (Å²) in [5.41, 5.74) is 1.25. The summed E-state index contributed by atoms with van der Waals surface area (Å²) in [6.07, 6.45) is 2.81. The number of benzene rings is 5. The summed E-state index contributed by atoms with van der Waals surface area (Å²) in [5, 5.41) is 38.2. The van der Waals surface area contributed by atoms with Crippen molar-refractivity contribution in [3.05, 3.63) is 49.3 Å². The molecule has 0 aromatic heterocycles. The van der Waals surface area contributed by atoms with Crippen molar-refractivity contribution >= 4 is 65.0 Å². The summed E-state index contributed by atoms with van der Waals surface area (Å²) in [6.45, 7) is 2.66. The maximum atomic E-state index is 13.8. The molecular weight excluding hydrogens is 698 g/mol. The highest BCUT2D eigenvalue weighted by molar-refractivity contribution is 7.86. The van der Waals surface area contributed by atoms with Crippen LogP contribution < -0.4 is 30.4 Å². The lowest BCUT2D eigenvalue weighted by atomic mass is 9.83. The number of nitrogens with one attached hydrogen (secondary N) is 1. The molecule has 5 aromatic carbocycles. The van der Waals surface area contributed by atoms with Crippen LogP contribution in [0.5, 0.6) is 28.7 Å². The monoisotopic (exact) mass is 739 g/mol. The van der Waals surface area contributed by atoms with E-state index in [-0.39, 0.29) is 104 Å². The van der Waals surface area contributed by atoms with E-state index in [1.54, 1.807) is 0 Å². The molecule has 1 aliphatic rings. The summed E-state index contributed by atoms with van der Waals surface area (Å²) >= 11 is 0. The Morgan fingerprint density at radius 1 is 0.731 bits per heavy atom. The second kappa shape index (κ2) is 15.1. The molecule has 0 heterocycles. The first-order valence-electron chi connectivity index (χ1n) is 16.8. The zero-order chi connectivity index (χ0) is 37.3. The van der Waals surface area contributed by atoms with E-state index in [2.05, 4.69) is 5.32 Å². The Hall–Kier alpha value is -4.67. The highest BCUT2D eigenvalue weighted by atomic mass is 32.2. The van der Waals surface area contributed by atoms with Crippen LogP contribution in [0.3, 0.4) is 0 Å². The molecule has 0 atom stereocenters. The summed E-state index contributed by atoms with van der Waals surface area (Å²) in [5.74, 6) is -0.310. The van der Waals surface area contributed by atoms with Gasteiger partial charge in [-0.2, -0.15) is 8.42 Å². The van der Waals surface area contributed by atoms with Gasteiger partial charge in [0, 0.05) is 56.7 Å². The third-order valence-corrected chi connectivity index (χ3v) is 10.6. The number of ether oxygens (including phenoxy) is 5. The van der Waals surface area contributed by atoms with Crippen molar-refractivity contribution in [2.24, 2.45) is 0 Å². The number of allylic oxidation sites excluding steroid dienone is 1. The van der Waals surface area contributed by atoms with Crippen LogP contribution >= 0.6 is 0 Å². The van der Waals surface area contributed by atoms with E-state index in [0.29, 0.717) is 56.3 Å². The molecule has 0 bridgehead atoms. The first-order chi connectivity index (χ1) is 25.0. The van der Waals surface area contributed by atoms with Gasteiger partial charge in [-0.3, -0.25) is 13.8 Å². The van der Waals surface area contributed by atoms with Gasteiger partial charge in [0.2, 0.25) is 0 Å². The number of aliphatic hydroxyl groups is 1. The van der Waals surface area contributed by atoms with Gasteiger partial charge in [0.05, 0.1) is 83.2 Å². The van der Waals surface area contributed by atoms with E-state index >= 15 is 0 Å². The molecule has 278 valence electrons. The Morgan fingerprint density at radius 3 is 1.94 bits per heavy atom. The zero-order valence-corrected chi connectivity index (χ0v) is 30.2. The number of methoxy groups -OCH3 is 3. The number of rotatable bonds is 18. The smallest absolute Gasteiger partial charge is 0.267 e. The fraction of sp³-hybridized carbons (Fsp3) is 0.405. The number of anilines is 1. The second-order valence-corrected chi connectivity index (χ2v) is 14.2. The molecule has 0 unspecified atom stereocenters. The molecule has 52 heavy (non-hydrogen) atoms. The lowest BCUT2D eigenvalue weighted by molar-refractivity contribution is 0.0252. The molecule has 14 nitrogen and oxygen atoms in total. The van der Waals surface area contributed by atoms with Crippen LogP contribution in [0.15, 0.2) is 27.3 Å². The van der Waals surface area contributed by atoms with Gasteiger partial charge in [-0.25, -0.2) is 0 Å². The highest BCUT2D eigenvalue weighted by Gasteiger charge is 2.33. The fourth-order valence-electron chi connectivity index (χ4n) is 7.20. The van der Waals surface area contributed by atoms with Gasteiger partial charge in [-0.15, -0.1) is 0 Å². The van der Waals surface area contributed by atoms with Crippen molar-refractivity contribution in [2.75, 3.05) is 78.6 Å². The van der Waals surface area contributed by atoms with Crippen LogP contribution in [-0.2, 0) is 30.2 Å². The van der Waals surface area contributed by atoms with E-state index in [0.717, 1.165) is 5.57 Å². The number of unbranched alkanes of at least 4 members (excludes halogenated alkanes) is 1. The Balaban J connectivity index is 1.41. The molecule has 5 aromatic rings. The third-order valence-electron chi connectivity index (χ3n) is 9.26. The average molecular weight is 740 g/mol. The first-order valence-corrected chi connectivity index (χ1v) is 18.4. The van der Waals surface area contributed by atoms with Crippen LogP contribution in [0.4, 0.5) is 5.69 Å². The third kappa shape index (κ3) is 6.47. The maximum Gasteiger partial charge on any atom is 0.267 e. The van der Waals surface area contributed by atoms with E-state index in [9.17, 15) is 28.2 Å². The Morgan fingerprint density at radius 2 is 1.33 bits per heavy atom. The quantitative estimate of drug-likeness (QED) is 0.0332. The normalized spacial score (nSPS) is 13.1. The van der Waals surface area contributed by atoms with Crippen LogP contribution in [0.25, 0.3) is 49.2 Å². The number of aliphatic hydroxyl groups excluding tert-OH is 1. The van der Waals surface area contributed by atoms with Crippen molar-refractivity contribution in [2.45, 2.75) is 26.2 Å². The lowest BCUT2D eigenvalue weighted by Gasteiger charge is -2.24. The number of aromatic hydroxyl groups is 2. The molecular formula is C37H41NO13S. The van der Waals surface area contributed by atoms with Gasteiger partial charge in [0.25, 0.3) is 10.1 Å². The van der Waals surface area contributed by atoms with Crippen molar-refractivity contribution in [3.63, 3.8) is 0 Å². The Bertz CT molecular complexity index is 2410. The number of phenols is 2. The van der Waals surface area contributed by atoms with Gasteiger partial charge in [-0.1, -0.05) is 11.6 Å². The van der Waals surface area contributed by atoms with E-state index in [1.165, 1.54) is 33.5 Å². The van der Waals surface area contributed by atoms with Crippen molar-refractivity contribution in [1.29, 1.82) is 0 Å². The Kier molecular flexibility index (Phi) is 10.8. The van der Waals surface area contributed by atoms with Crippen LogP contribution in [0.1, 0.15) is 30.9 Å². The minimum Gasteiger partial charge on any atom is -0.505 e. The predicted molar refractivity (Wildman–Crippen MR) is 198 cm³/mol. The standard InChI is InChI=1S/C37H41NO13S/c1-19-15-20-26-27-21(16-19)37(48-4)36(43)29-23(41)18-25(47-3)31(33(27)29)30-24(46-2)17-22(40)28(32(26)30)35(42)34(20)38-7-5-6-14-52(44,45)51-13-12-50-11-10-49-9-8-39/h15,17-18,38-39,42-43H,5-14,16H2,1-4H3. The molecule has 0 saturated heterocycles. The second-order valence-electron chi connectivity index (χ2n) is 12.5. The van der Waals surface area contributed by atoms with E-state index < -0.39 is 21.0 Å². The number of hydrogen-bond donors (Lipinski definition) is 4. The summed E-state index contributed by atoms with van der Waals surface area (Å²) in [6, 6.07) is 2.55. The number of hydrogen-bond acceptors (Lipinski definition) is 14. The summed E-state index contributed by atoms with van der Waals surface area (Å²) in [4.78, 5) is 27.5. The van der Waals surface area contributed by atoms with Crippen LogP contribution in [-0.4, -0.2) is 97.0 Å². The zero-order valence-electron chi connectivity index (χ0n) is 29.3. The van der Waals surface area contributed by atoms with Gasteiger partial charge in [0.15, 0.2) is 28.1 Å². The lowest BCUT2D eigenvalue weighted by Crippen LogP contribution is -2.16. The largest absolute Gasteiger partial charge is 0.505 e. The highest BCUT2D eigenvalue weighted by Crippen LogP contribution is 2.56. The van der Waals surface area contributed by atoms with E-state index in [4.69, 9.17) is 33.0 Å². The van der Waals surface area contributed by atoms with Crippen molar-refractivity contribution in [1.82, 2.24) is 0 Å². The number of fused-ring (bicyclic) bond motifs is 1. The van der Waals surface area contributed by atoms with Crippen molar-refractivity contribution < 1.29 is 51.6 Å². The predicted octanol–water partition coefficient (Wildman–Crippen LogP) is 3.86. The van der Waals surface area contributed by atoms with Crippen molar-refractivity contribution in [3.8, 4) is 28.7 Å². The summed E-state index contributed by atoms with van der Waals surface area (Å²) < 4.78 is 57.5. The topological polar surface area (TPSA) is 196 Å². The van der Waals surface area contributed by atoms with Crippen LogP contribution in [0, 0.1) is 0 Å². The molecule has 4 N–H and O–H groups in total. The SMILES string of the molecule is COc1c(O)c2c(=O)cc(OC)c3c4c(OC)cc(=O)c5c(O)c(NCCCCS(=O)(=O)OCCOCCOCCO)c6c(c(c1CC(C)=C6)c23)c54. The molecule has 0 radical (unpaired) electrons. The molecule has 0 saturated carbocycles. The van der Waals surface area contributed by atoms with Gasteiger partial charge in [0.1, 0.15) is 11.5 Å². The van der Waals surface area contributed by atoms with Crippen LogP contribution in [0.2, 0.25) is 0 Å². The minimum atomic E-state index is -3.82. The fourth-order valence-corrected chi connectivity index (χ4v) is 8.20. The minimum absolute atomic E-state index is 0.0215. The molecule has 0 amide bonds. The molecule has 6 rings (SSSR count). The molecule has 15 heteroatoms. The summed E-state index contributed by atoms with van der Waals surface area (Å²) in [7, 11) is 0.433. The molecule has 0 fully saturated rings. The van der Waals surface area contributed by atoms with Gasteiger partial charge in [-0.05, 0) is 31.6 Å². The maximum absolute atomic E-state index is 13.8.